The van der Waals surface area contributed by atoms with Crippen LogP contribution in [-0.4, -0.2) is 47.8 Å². The van der Waals surface area contributed by atoms with Gasteiger partial charge in [-0.2, -0.15) is 23.5 Å². The minimum Gasteiger partial charge on any atom is -0.374 e. The number of ether oxygens (including phenoxy) is 1. The largest absolute Gasteiger partial charge is 0.374 e. The van der Waals surface area contributed by atoms with Crippen molar-refractivity contribution in [2.24, 2.45) is 5.92 Å². The summed E-state index contributed by atoms with van der Waals surface area (Å²) in [6.07, 6.45) is 5.09. The fourth-order valence-electron chi connectivity index (χ4n) is 3.25. The summed E-state index contributed by atoms with van der Waals surface area (Å²) in [5.74, 6) is 5.91. The van der Waals surface area contributed by atoms with Gasteiger partial charge in [0.2, 0.25) is 0 Å². The summed E-state index contributed by atoms with van der Waals surface area (Å²) in [7, 11) is 0. The average molecular weight is 304 g/mol. The predicted molar refractivity (Wildman–Crippen MR) is 88.4 cm³/mol. The van der Waals surface area contributed by atoms with Crippen molar-refractivity contribution in [2.45, 2.75) is 51.2 Å². The molecule has 0 radical (unpaired) electrons. The van der Waals surface area contributed by atoms with E-state index in [0.29, 0.717) is 6.04 Å². The van der Waals surface area contributed by atoms with Crippen molar-refractivity contribution in [1.82, 2.24) is 5.32 Å². The van der Waals surface area contributed by atoms with Crippen LogP contribution in [0.4, 0.5) is 0 Å². The van der Waals surface area contributed by atoms with Crippen LogP contribution in [0.1, 0.15) is 39.5 Å². The molecule has 1 N–H and O–H groups in total. The van der Waals surface area contributed by atoms with E-state index in [9.17, 15) is 0 Å². The van der Waals surface area contributed by atoms with Crippen molar-refractivity contribution in [2.75, 3.05) is 36.2 Å². The lowest BCUT2D eigenvalue weighted by atomic mass is 9.81. The molecule has 0 aromatic heterocycles. The van der Waals surface area contributed by atoms with E-state index in [1.165, 1.54) is 48.7 Å². The Morgan fingerprint density at radius 3 is 3.05 bits per heavy atom. The third kappa shape index (κ3) is 4.55. The maximum absolute atomic E-state index is 6.16. The molecule has 112 valence electrons. The van der Waals surface area contributed by atoms with Crippen LogP contribution in [0.15, 0.2) is 0 Å². The van der Waals surface area contributed by atoms with Crippen molar-refractivity contribution in [3.8, 4) is 0 Å². The summed E-state index contributed by atoms with van der Waals surface area (Å²) in [6.45, 7) is 6.58. The lowest BCUT2D eigenvalue weighted by Gasteiger charge is -2.41. The van der Waals surface area contributed by atoms with Gasteiger partial charge in [0.25, 0.3) is 0 Å². The number of nitrogens with one attached hydrogen (secondary N) is 1. The molecular formula is C15H29NOS2. The third-order valence-corrected chi connectivity index (χ3v) is 6.79. The van der Waals surface area contributed by atoms with E-state index in [1.807, 2.05) is 0 Å². The Morgan fingerprint density at radius 2 is 2.37 bits per heavy atom. The van der Waals surface area contributed by atoms with Gasteiger partial charge in [0.1, 0.15) is 0 Å². The molecule has 2 heterocycles. The zero-order chi connectivity index (χ0) is 13.6. The molecule has 2 aliphatic heterocycles. The minimum atomic E-state index is 0.233. The van der Waals surface area contributed by atoms with E-state index >= 15 is 0 Å². The van der Waals surface area contributed by atoms with Gasteiger partial charge in [0.15, 0.2) is 0 Å². The van der Waals surface area contributed by atoms with Gasteiger partial charge in [0, 0.05) is 24.2 Å². The summed E-state index contributed by atoms with van der Waals surface area (Å²) in [5, 5.41) is 3.73. The molecule has 2 rings (SSSR count). The summed E-state index contributed by atoms with van der Waals surface area (Å²) < 4.78 is 6.16. The third-order valence-electron chi connectivity index (χ3n) is 4.28. The SMILES string of the molecule is CCCSCC(NCC)C1CCOC2(CCSC2)C1. The molecule has 1 spiro atoms. The highest BCUT2D eigenvalue weighted by Crippen LogP contribution is 2.41. The smallest absolute Gasteiger partial charge is 0.0783 e. The highest BCUT2D eigenvalue weighted by atomic mass is 32.2. The first-order valence-corrected chi connectivity index (χ1v) is 10.1. The van der Waals surface area contributed by atoms with Crippen molar-refractivity contribution >= 4 is 23.5 Å². The Labute approximate surface area is 127 Å². The van der Waals surface area contributed by atoms with Gasteiger partial charge in [-0.1, -0.05) is 13.8 Å². The highest BCUT2D eigenvalue weighted by molar-refractivity contribution is 7.99. The zero-order valence-corrected chi connectivity index (χ0v) is 14.1. The Hall–Kier alpha value is 0.620. The average Bonchev–Trinajstić information content (AvgIpc) is 2.86. The number of hydrogen-bond donors (Lipinski definition) is 1. The lowest BCUT2D eigenvalue weighted by molar-refractivity contribution is -0.0837. The van der Waals surface area contributed by atoms with E-state index in [-0.39, 0.29) is 5.60 Å². The van der Waals surface area contributed by atoms with Gasteiger partial charge in [-0.25, -0.2) is 0 Å². The van der Waals surface area contributed by atoms with Crippen molar-refractivity contribution < 1.29 is 4.74 Å². The topological polar surface area (TPSA) is 21.3 Å². The van der Waals surface area contributed by atoms with E-state index in [4.69, 9.17) is 4.74 Å². The summed E-state index contributed by atoms with van der Waals surface area (Å²) in [6, 6.07) is 0.688. The molecule has 3 unspecified atom stereocenters. The van der Waals surface area contributed by atoms with Crippen LogP contribution in [0.25, 0.3) is 0 Å². The van der Waals surface area contributed by atoms with Gasteiger partial charge in [0.05, 0.1) is 5.60 Å². The van der Waals surface area contributed by atoms with Crippen LogP contribution in [0.5, 0.6) is 0 Å². The van der Waals surface area contributed by atoms with Gasteiger partial charge < -0.3 is 10.1 Å². The molecule has 0 aromatic carbocycles. The lowest BCUT2D eigenvalue weighted by Crippen LogP contribution is -2.48. The molecule has 0 saturated carbocycles. The molecule has 3 atom stereocenters. The number of rotatable bonds is 7. The zero-order valence-electron chi connectivity index (χ0n) is 12.5. The summed E-state index contributed by atoms with van der Waals surface area (Å²) in [5.41, 5.74) is 0.233. The minimum absolute atomic E-state index is 0.233. The molecule has 2 saturated heterocycles. The first kappa shape index (κ1) is 16.0. The first-order valence-electron chi connectivity index (χ1n) is 7.82. The summed E-state index contributed by atoms with van der Waals surface area (Å²) >= 11 is 4.19. The fourth-order valence-corrected chi connectivity index (χ4v) is 5.73. The van der Waals surface area contributed by atoms with Crippen LogP contribution in [-0.2, 0) is 4.74 Å². The molecule has 0 aliphatic carbocycles. The molecule has 0 bridgehead atoms. The van der Waals surface area contributed by atoms with Gasteiger partial charge >= 0.3 is 0 Å². The number of hydrogen-bond acceptors (Lipinski definition) is 4. The Bertz CT molecular complexity index is 257. The molecular weight excluding hydrogens is 274 g/mol. The van der Waals surface area contributed by atoms with E-state index < -0.39 is 0 Å². The van der Waals surface area contributed by atoms with Crippen LogP contribution in [0, 0.1) is 5.92 Å². The van der Waals surface area contributed by atoms with Crippen LogP contribution >= 0.6 is 23.5 Å². The highest BCUT2D eigenvalue weighted by Gasteiger charge is 2.42. The monoisotopic (exact) mass is 303 g/mol. The molecule has 2 nitrogen and oxygen atoms in total. The Kier molecular flexibility index (Phi) is 6.87. The van der Waals surface area contributed by atoms with Gasteiger partial charge in [-0.15, -0.1) is 0 Å². The quantitative estimate of drug-likeness (QED) is 0.727. The maximum atomic E-state index is 6.16. The van der Waals surface area contributed by atoms with E-state index in [2.05, 4.69) is 42.7 Å². The fraction of sp³-hybridized carbons (Fsp3) is 1.00. The molecule has 0 aromatic rings. The molecule has 4 heteroatoms. The molecule has 2 fully saturated rings. The van der Waals surface area contributed by atoms with Crippen LogP contribution in [0.2, 0.25) is 0 Å². The van der Waals surface area contributed by atoms with Gasteiger partial charge in [-0.05, 0) is 49.7 Å². The van der Waals surface area contributed by atoms with Crippen molar-refractivity contribution in [1.29, 1.82) is 0 Å². The molecule has 0 amide bonds. The predicted octanol–water partition coefficient (Wildman–Crippen LogP) is 3.41. The molecule has 2 aliphatic rings. The van der Waals surface area contributed by atoms with Crippen LogP contribution in [0.3, 0.4) is 0 Å². The van der Waals surface area contributed by atoms with E-state index in [0.717, 1.165) is 19.1 Å². The number of thioether (sulfide) groups is 2. The van der Waals surface area contributed by atoms with Crippen molar-refractivity contribution in [3.63, 3.8) is 0 Å². The second-order valence-corrected chi connectivity index (χ2v) is 8.08. The Morgan fingerprint density at radius 1 is 1.47 bits per heavy atom. The normalized spacial score (nSPS) is 32.8. The van der Waals surface area contributed by atoms with Gasteiger partial charge in [-0.3, -0.25) is 0 Å². The standard InChI is InChI=1S/C15H29NOS2/c1-3-8-18-11-14(16-4-2)13-5-7-17-15(10-13)6-9-19-12-15/h13-14,16H,3-12H2,1-2H3. The first-order chi connectivity index (χ1) is 9.29. The van der Waals surface area contributed by atoms with E-state index in [1.54, 1.807) is 0 Å². The van der Waals surface area contributed by atoms with Crippen LogP contribution < -0.4 is 5.32 Å². The van der Waals surface area contributed by atoms with Crippen molar-refractivity contribution in [3.05, 3.63) is 0 Å². The molecule has 19 heavy (non-hydrogen) atoms. The summed E-state index contributed by atoms with van der Waals surface area (Å²) in [4.78, 5) is 0. The second-order valence-electron chi connectivity index (χ2n) is 5.83. The maximum Gasteiger partial charge on any atom is 0.0783 e. The second kappa shape index (κ2) is 8.16. The Balaban J connectivity index is 1.88.